The third-order valence-electron chi connectivity index (χ3n) is 6.93. The summed E-state index contributed by atoms with van der Waals surface area (Å²) in [4.78, 5) is 48.5. The van der Waals surface area contributed by atoms with Gasteiger partial charge in [-0.25, -0.2) is 0 Å². The summed E-state index contributed by atoms with van der Waals surface area (Å²) in [6, 6.07) is 0. The first kappa shape index (κ1) is 21.6. The average Bonchev–Trinajstić information content (AvgIpc) is 3.29. The van der Waals surface area contributed by atoms with E-state index in [1.807, 2.05) is 6.92 Å². The molecule has 1 saturated heterocycles. The molecule has 8 nitrogen and oxygen atoms in total. The van der Waals surface area contributed by atoms with Crippen LogP contribution in [0.15, 0.2) is 0 Å². The van der Waals surface area contributed by atoms with Crippen LogP contribution in [0.2, 0.25) is 0 Å². The first-order chi connectivity index (χ1) is 13.6. The molecule has 0 radical (unpaired) electrons. The molecule has 2 aliphatic carbocycles. The smallest absolute Gasteiger partial charge is 0.309 e. The Morgan fingerprint density at radius 1 is 1.21 bits per heavy atom. The Morgan fingerprint density at radius 2 is 1.90 bits per heavy atom. The van der Waals surface area contributed by atoms with Gasteiger partial charge in [-0.05, 0) is 46.0 Å². The van der Waals surface area contributed by atoms with Crippen LogP contribution in [0.5, 0.6) is 0 Å². The lowest BCUT2D eigenvalue weighted by Gasteiger charge is -2.29. The molecule has 1 aliphatic heterocycles. The quantitative estimate of drug-likeness (QED) is 0.454. The lowest BCUT2D eigenvalue weighted by atomic mass is 9.79. The highest BCUT2D eigenvalue weighted by Crippen LogP contribution is 2.55. The zero-order chi connectivity index (χ0) is 21.5. The SMILES string of the molecule is CCC(CC(CC(C)(C)C(=O)O)C(=O)OC)C(=O)OC1C2CC3C(=O)OC1C3C2. The molecule has 2 saturated carbocycles. The fourth-order valence-electron chi connectivity index (χ4n) is 5.20. The van der Waals surface area contributed by atoms with Gasteiger partial charge in [-0.2, -0.15) is 0 Å². The molecule has 2 bridgehead atoms. The van der Waals surface area contributed by atoms with Crippen molar-refractivity contribution in [1.29, 1.82) is 0 Å². The molecule has 3 fully saturated rings. The van der Waals surface area contributed by atoms with Gasteiger partial charge in [0.25, 0.3) is 0 Å². The van der Waals surface area contributed by atoms with Gasteiger partial charge < -0.3 is 19.3 Å². The molecule has 0 spiro atoms. The molecule has 8 heteroatoms. The standard InChI is InChI=1S/C21H30O8/c1-5-10(6-12(17(22)27-4)9-21(2,3)20(25)26)18(23)28-15-11-7-13-14(8-11)19(24)29-16(13)15/h10-16H,5-9H2,1-4H3,(H,25,26). The number of carbonyl (C=O) groups is 4. The minimum atomic E-state index is -1.13. The second-order valence-electron chi connectivity index (χ2n) is 9.26. The number of aliphatic carboxylic acids is 1. The van der Waals surface area contributed by atoms with Crippen molar-refractivity contribution in [1.82, 2.24) is 0 Å². The van der Waals surface area contributed by atoms with E-state index < -0.39 is 41.3 Å². The Balaban J connectivity index is 1.66. The summed E-state index contributed by atoms with van der Waals surface area (Å²) in [5, 5.41) is 9.39. The number of hydrogen-bond acceptors (Lipinski definition) is 7. The van der Waals surface area contributed by atoms with Gasteiger partial charge in [0.1, 0.15) is 12.2 Å². The van der Waals surface area contributed by atoms with Gasteiger partial charge in [0, 0.05) is 11.8 Å². The summed E-state index contributed by atoms with van der Waals surface area (Å²) in [5.74, 6) is -3.20. The van der Waals surface area contributed by atoms with Gasteiger partial charge in [-0.1, -0.05) is 6.92 Å². The predicted molar refractivity (Wildman–Crippen MR) is 99.4 cm³/mol. The molecule has 7 atom stereocenters. The van der Waals surface area contributed by atoms with Crippen molar-refractivity contribution >= 4 is 23.9 Å². The van der Waals surface area contributed by atoms with E-state index in [-0.39, 0.29) is 42.7 Å². The first-order valence-electron chi connectivity index (χ1n) is 10.3. The van der Waals surface area contributed by atoms with Crippen molar-refractivity contribution in [2.45, 2.75) is 65.1 Å². The van der Waals surface area contributed by atoms with Gasteiger partial charge >= 0.3 is 23.9 Å². The molecule has 0 amide bonds. The van der Waals surface area contributed by atoms with Crippen LogP contribution in [0, 0.1) is 35.0 Å². The van der Waals surface area contributed by atoms with Crippen molar-refractivity contribution in [3.8, 4) is 0 Å². The monoisotopic (exact) mass is 410 g/mol. The highest BCUT2D eigenvalue weighted by atomic mass is 16.6. The normalized spacial score (nSPS) is 31.9. The molecule has 162 valence electrons. The van der Waals surface area contributed by atoms with Gasteiger partial charge in [-0.3, -0.25) is 19.2 Å². The maximum Gasteiger partial charge on any atom is 0.309 e. The molecule has 29 heavy (non-hydrogen) atoms. The van der Waals surface area contributed by atoms with Crippen molar-refractivity contribution in [3.63, 3.8) is 0 Å². The molecule has 1 N–H and O–H groups in total. The number of fused-ring (bicyclic) bond motifs is 1. The van der Waals surface area contributed by atoms with E-state index >= 15 is 0 Å². The van der Waals surface area contributed by atoms with Crippen LogP contribution < -0.4 is 0 Å². The zero-order valence-corrected chi connectivity index (χ0v) is 17.4. The summed E-state index contributed by atoms with van der Waals surface area (Å²) >= 11 is 0. The highest BCUT2D eigenvalue weighted by Gasteiger charge is 2.63. The number of carboxylic acids is 1. The van der Waals surface area contributed by atoms with E-state index in [2.05, 4.69) is 0 Å². The summed E-state index contributed by atoms with van der Waals surface area (Å²) in [6.45, 7) is 4.92. The van der Waals surface area contributed by atoms with E-state index in [9.17, 15) is 24.3 Å². The molecule has 0 aromatic carbocycles. The first-order valence-corrected chi connectivity index (χ1v) is 10.3. The Hall–Kier alpha value is -2.12. The van der Waals surface area contributed by atoms with Crippen molar-refractivity contribution in [3.05, 3.63) is 0 Å². The molecule has 0 aromatic rings. The third kappa shape index (κ3) is 3.98. The maximum absolute atomic E-state index is 12.9. The lowest BCUT2D eigenvalue weighted by Crippen LogP contribution is -2.38. The molecular formula is C21H30O8. The third-order valence-corrected chi connectivity index (χ3v) is 6.93. The van der Waals surface area contributed by atoms with Crippen molar-refractivity contribution in [2.24, 2.45) is 35.0 Å². The minimum Gasteiger partial charge on any atom is -0.481 e. The molecule has 1 heterocycles. The van der Waals surface area contributed by atoms with E-state index in [1.165, 1.54) is 7.11 Å². The van der Waals surface area contributed by atoms with Crippen LogP contribution >= 0.6 is 0 Å². The van der Waals surface area contributed by atoms with Crippen LogP contribution in [0.3, 0.4) is 0 Å². The van der Waals surface area contributed by atoms with Crippen LogP contribution in [0.1, 0.15) is 52.9 Å². The average molecular weight is 410 g/mol. The van der Waals surface area contributed by atoms with E-state index in [0.29, 0.717) is 12.8 Å². The summed E-state index contributed by atoms with van der Waals surface area (Å²) in [6.07, 6.45) is 1.45. The number of hydrogen-bond donors (Lipinski definition) is 1. The fourth-order valence-corrected chi connectivity index (χ4v) is 5.20. The van der Waals surface area contributed by atoms with Crippen molar-refractivity contribution in [2.75, 3.05) is 7.11 Å². The molecular weight excluding hydrogens is 380 g/mol. The van der Waals surface area contributed by atoms with Crippen LogP contribution in [0.25, 0.3) is 0 Å². The number of carbonyl (C=O) groups excluding carboxylic acids is 3. The van der Waals surface area contributed by atoms with Crippen LogP contribution in [-0.2, 0) is 33.4 Å². The largest absolute Gasteiger partial charge is 0.481 e. The van der Waals surface area contributed by atoms with Gasteiger partial charge in [0.15, 0.2) is 0 Å². The molecule has 3 aliphatic rings. The number of rotatable bonds is 9. The fraction of sp³-hybridized carbons (Fsp3) is 0.810. The number of ether oxygens (including phenoxy) is 3. The van der Waals surface area contributed by atoms with Gasteiger partial charge in [0.2, 0.25) is 0 Å². The number of methoxy groups -OCH3 is 1. The van der Waals surface area contributed by atoms with E-state index in [1.54, 1.807) is 13.8 Å². The van der Waals surface area contributed by atoms with E-state index in [0.717, 1.165) is 6.42 Å². The Labute approximate surface area is 170 Å². The Bertz CT molecular complexity index is 699. The maximum atomic E-state index is 12.9. The topological polar surface area (TPSA) is 116 Å². The van der Waals surface area contributed by atoms with Gasteiger partial charge in [-0.15, -0.1) is 0 Å². The molecule has 0 aromatic heterocycles. The molecule has 3 rings (SSSR count). The number of carboxylic acid groups (broad SMARTS) is 1. The van der Waals surface area contributed by atoms with Gasteiger partial charge in [0.05, 0.1) is 30.3 Å². The van der Waals surface area contributed by atoms with E-state index in [4.69, 9.17) is 14.2 Å². The summed E-state index contributed by atoms with van der Waals surface area (Å²) in [5.41, 5.74) is -1.13. The second kappa shape index (κ2) is 7.95. The highest BCUT2D eigenvalue weighted by molar-refractivity contribution is 5.79. The Kier molecular flexibility index (Phi) is 5.92. The summed E-state index contributed by atoms with van der Waals surface area (Å²) in [7, 11) is 1.25. The molecule has 7 unspecified atom stereocenters. The minimum absolute atomic E-state index is 0.0520. The number of esters is 3. The predicted octanol–water partition coefficient (Wildman–Crippen LogP) is 2.19. The van der Waals surface area contributed by atoms with Crippen molar-refractivity contribution < 1.29 is 38.5 Å². The van der Waals surface area contributed by atoms with Crippen LogP contribution in [-0.4, -0.2) is 48.3 Å². The second-order valence-corrected chi connectivity index (χ2v) is 9.26. The Morgan fingerprint density at radius 3 is 2.48 bits per heavy atom. The zero-order valence-electron chi connectivity index (χ0n) is 17.4. The van der Waals surface area contributed by atoms with Crippen LogP contribution in [0.4, 0.5) is 0 Å². The lowest BCUT2D eigenvalue weighted by molar-refractivity contribution is -0.167. The summed E-state index contributed by atoms with van der Waals surface area (Å²) < 4.78 is 16.1.